The van der Waals surface area contributed by atoms with Crippen LogP contribution in [0.1, 0.15) is 27.3 Å². The standard InChI is InChI=1S/C36H33FN4O6S/c1-20-7-9-22(10-8-20)19-41-21(2)39-33-28(36(41)43)15-24(16-31(33)46-5)26-17-27-30(18-29(26)40(4)48(6,44)45)47-34(32(27)35(42)38-3)23-11-13-25(37)14-12-23/h7-18H,19H2,1-6H3,(H,38,42). The van der Waals surface area contributed by atoms with E-state index in [1.165, 1.54) is 51.5 Å². The maximum atomic E-state index is 14.1. The summed E-state index contributed by atoms with van der Waals surface area (Å²) in [5, 5.41) is 3.28. The normalized spacial score (nSPS) is 11.6. The summed E-state index contributed by atoms with van der Waals surface area (Å²) < 4.78 is 54.2. The first-order chi connectivity index (χ1) is 22.8. The van der Waals surface area contributed by atoms with Gasteiger partial charge in [-0.05, 0) is 67.4 Å². The smallest absolute Gasteiger partial charge is 0.261 e. The average Bonchev–Trinajstić information content (AvgIpc) is 3.44. The summed E-state index contributed by atoms with van der Waals surface area (Å²) >= 11 is 0. The minimum absolute atomic E-state index is 0.180. The number of nitrogens with zero attached hydrogens (tertiary/aromatic N) is 3. The lowest BCUT2D eigenvalue weighted by Crippen LogP contribution is -2.25. The van der Waals surface area contributed by atoms with Crippen molar-refractivity contribution in [2.24, 2.45) is 0 Å². The fraction of sp³-hybridized carbons (Fsp3) is 0.194. The Morgan fingerprint density at radius 2 is 1.69 bits per heavy atom. The highest BCUT2D eigenvalue weighted by atomic mass is 32.2. The molecule has 2 heterocycles. The molecule has 0 unspecified atom stereocenters. The van der Waals surface area contributed by atoms with Crippen molar-refractivity contribution in [3.05, 3.63) is 111 Å². The first kappa shape index (κ1) is 32.5. The van der Waals surface area contributed by atoms with Crippen molar-refractivity contribution in [3.63, 3.8) is 0 Å². The fourth-order valence-electron chi connectivity index (χ4n) is 5.73. The lowest BCUT2D eigenvalue weighted by Gasteiger charge is -2.21. The molecular formula is C36H33FN4O6S. The Hall–Kier alpha value is -5.49. The molecule has 0 saturated carbocycles. The Labute approximate surface area is 276 Å². The zero-order chi connectivity index (χ0) is 34.5. The molecule has 0 aliphatic rings. The number of aryl methyl sites for hydroxylation is 2. The lowest BCUT2D eigenvalue weighted by molar-refractivity contribution is 0.0964. The van der Waals surface area contributed by atoms with Crippen LogP contribution < -0.4 is 19.9 Å². The molecule has 0 radical (unpaired) electrons. The van der Waals surface area contributed by atoms with Gasteiger partial charge < -0.3 is 14.5 Å². The minimum atomic E-state index is -3.79. The highest BCUT2D eigenvalue weighted by molar-refractivity contribution is 7.92. The quantitative estimate of drug-likeness (QED) is 0.210. The predicted octanol–water partition coefficient (Wildman–Crippen LogP) is 6.04. The molecule has 10 nitrogen and oxygen atoms in total. The van der Waals surface area contributed by atoms with Gasteiger partial charge in [-0.15, -0.1) is 0 Å². The maximum Gasteiger partial charge on any atom is 0.261 e. The largest absolute Gasteiger partial charge is 0.494 e. The number of halogens is 1. The summed E-state index contributed by atoms with van der Waals surface area (Å²) in [4.78, 5) is 32.1. The van der Waals surface area contributed by atoms with E-state index in [4.69, 9.17) is 14.1 Å². The molecule has 0 aliphatic carbocycles. The van der Waals surface area contributed by atoms with Crippen molar-refractivity contribution in [1.29, 1.82) is 0 Å². The Morgan fingerprint density at radius 1 is 1.00 bits per heavy atom. The van der Waals surface area contributed by atoms with E-state index in [0.717, 1.165) is 21.7 Å². The second-order valence-corrected chi connectivity index (χ2v) is 13.6. The number of nitrogens with one attached hydrogen (secondary N) is 1. The van der Waals surface area contributed by atoms with Gasteiger partial charge in [0.05, 0.1) is 36.5 Å². The van der Waals surface area contributed by atoms with Crippen molar-refractivity contribution in [2.75, 3.05) is 31.8 Å². The number of sulfonamides is 1. The number of amides is 1. The third-order valence-corrected chi connectivity index (χ3v) is 9.60. The summed E-state index contributed by atoms with van der Waals surface area (Å²) in [6.45, 7) is 4.04. The number of benzene rings is 4. The molecule has 1 N–H and O–H groups in total. The third-order valence-electron chi connectivity index (χ3n) is 8.41. The van der Waals surface area contributed by atoms with E-state index >= 15 is 0 Å². The highest BCUT2D eigenvalue weighted by Gasteiger charge is 2.27. The Balaban J connectivity index is 1.65. The molecular weight excluding hydrogens is 635 g/mol. The first-order valence-electron chi connectivity index (χ1n) is 15.0. The van der Waals surface area contributed by atoms with Crippen molar-refractivity contribution >= 4 is 43.5 Å². The van der Waals surface area contributed by atoms with Crippen LogP contribution in [0.4, 0.5) is 10.1 Å². The number of hydrogen-bond acceptors (Lipinski definition) is 7. The number of anilines is 1. The number of carbonyl (C=O) groups excluding carboxylic acids is 1. The molecule has 6 rings (SSSR count). The number of aromatic nitrogens is 2. The van der Waals surface area contributed by atoms with Crippen LogP contribution in [-0.4, -0.2) is 51.3 Å². The van der Waals surface area contributed by atoms with Crippen LogP contribution in [0.5, 0.6) is 5.75 Å². The fourth-order valence-corrected chi connectivity index (χ4v) is 6.24. The molecule has 12 heteroatoms. The van der Waals surface area contributed by atoms with E-state index < -0.39 is 21.7 Å². The van der Waals surface area contributed by atoms with E-state index in [0.29, 0.717) is 45.7 Å². The monoisotopic (exact) mass is 668 g/mol. The molecule has 2 aromatic heterocycles. The number of fused-ring (bicyclic) bond motifs is 2. The molecule has 48 heavy (non-hydrogen) atoms. The molecule has 0 spiro atoms. The molecule has 0 bridgehead atoms. The van der Waals surface area contributed by atoms with E-state index in [9.17, 15) is 22.4 Å². The van der Waals surface area contributed by atoms with Crippen molar-refractivity contribution < 1.29 is 26.8 Å². The second-order valence-electron chi connectivity index (χ2n) is 11.6. The third kappa shape index (κ3) is 5.79. The maximum absolute atomic E-state index is 14.1. The first-order valence-corrected chi connectivity index (χ1v) is 16.8. The Morgan fingerprint density at radius 3 is 2.31 bits per heavy atom. The van der Waals surface area contributed by atoms with Gasteiger partial charge in [0.15, 0.2) is 0 Å². The summed E-state index contributed by atoms with van der Waals surface area (Å²) in [7, 11) is 0.559. The number of ether oxygens (including phenoxy) is 1. The van der Waals surface area contributed by atoms with Gasteiger partial charge in [0.1, 0.15) is 34.3 Å². The van der Waals surface area contributed by atoms with Crippen LogP contribution in [-0.2, 0) is 16.6 Å². The van der Waals surface area contributed by atoms with Crippen LogP contribution in [0.25, 0.3) is 44.3 Å². The molecule has 0 fully saturated rings. The summed E-state index contributed by atoms with van der Waals surface area (Å²) in [6, 6.07) is 19.9. The summed E-state index contributed by atoms with van der Waals surface area (Å²) in [5.41, 5.74) is 4.01. The lowest BCUT2D eigenvalue weighted by atomic mass is 9.97. The highest BCUT2D eigenvalue weighted by Crippen LogP contribution is 2.42. The summed E-state index contributed by atoms with van der Waals surface area (Å²) in [5.74, 6) is 0.0785. The number of methoxy groups -OCH3 is 1. The van der Waals surface area contributed by atoms with Crippen LogP contribution in [0.3, 0.4) is 0 Å². The zero-order valence-corrected chi connectivity index (χ0v) is 28.0. The molecule has 1 amide bonds. The van der Waals surface area contributed by atoms with Gasteiger partial charge in [-0.3, -0.25) is 18.5 Å². The SMILES string of the molecule is CNC(=O)c1c(-c2ccc(F)cc2)oc2cc(N(C)S(C)(=O)=O)c(-c3cc(OC)c4nc(C)n(Cc5ccc(C)cc5)c(=O)c4c3)cc12. The van der Waals surface area contributed by atoms with Crippen LogP contribution >= 0.6 is 0 Å². The molecule has 0 saturated heterocycles. The Kier molecular flexibility index (Phi) is 8.30. The van der Waals surface area contributed by atoms with E-state index in [-0.39, 0.29) is 33.5 Å². The predicted molar refractivity (Wildman–Crippen MR) is 185 cm³/mol. The molecule has 4 aromatic carbocycles. The van der Waals surface area contributed by atoms with Crippen LogP contribution in [0.15, 0.2) is 82.0 Å². The minimum Gasteiger partial charge on any atom is -0.494 e. The molecule has 0 aliphatic heterocycles. The van der Waals surface area contributed by atoms with Gasteiger partial charge in [0.25, 0.3) is 11.5 Å². The number of carbonyl (C=O) groups is 1. The van der Waals surface area contributed by atoms with Gasteiger partial charge in [0, 0.05) is 36.7 Å². The van der Waals surface area contributed by atoms with Crippen molar-refractivity contribution in [1.82, 2.24) is 14.9 Å². The Bertz CT molecular complexity index is 2400. The van der Waals surface area contributed by atoms with Gasteiger partial charge in [0.2, 0.25) is 10.0 Å². The molecule has 0 atom stereocenters. The van der Waals surface area contributed by atoms with Crippen LogP contribution in [0.2, 0.25) is 0 Å². The number of rotatable bonds is 8. The van der Waals surface area contributed by atoms with Crippen molar-refractivity contribution in [3.8, 4) is 28.2 Å². The topological polar surface area (TPSA) is 124 Å². The van der Waals surface area contributed by atoms with Crippen LogP contribution in [0, 0.1) is 19.7 Å². The number of hydrogen-bond donors (Lipinski definition) is 1. The van der Waals surface area contributed by atoms with Crippen molar-refractivity contribution in [2.45, 2.75) is 20.4 Å². The molecule has 6 aromatic rings. The van der Waals surface area contributed by atoms with Gasteiger partial charge in [-0.1, -0.05) is 29.8 Å². The zero-order valence-electron chi connectivity index (χ0n) is 27.2. The average molecular weight is 669 g/mol. The summed E-state index contributed by atoms with van der Waals surface area (Å²) in [6.07, 6.45) is 1.07. The van der Waals surface area contributed by atoms with E-state index in [1.807, 2.05) is 31.2 Å². The second kappa shape index (κ2) is 12.3. The number of furan rings is 1. The van der Waals surface area contributed by atoms with Gasteiger partial charge in [-0.25, -0.2) is 17.8 Å². The van der Waals surface area contributed by atoms with E-state index in [1.54, 1.807) is 29.7 Å². The van der Waals surface area contributed by atoms with Gasteiger partial charge >= 0.3 is 0 Å². The molecule has 246 valence electrons. The van der Waals surface area contributed by atoms with Gasteiger partial charge in [-0.2, -0.15) is 0 Å². The van der Waals surface area contributed by atoms with E-state index in [2.05, 4.69) is 5.32 Å².